The molecule has 80 valence electrons. The molecule has 1 aliphatic rings. The number of amides is 1. The number of pyridine rings is 1. The number of nitrogens with zero attached hydrogens (tertiary/aromatic N) is 1. The van der Waals surface area contributed by atoms with Crippen LogP contribution in [0, 0.1) is 0 Å². The molecule has 0 bridgehead atoms. The van der Waals surface area contributed by atoms with E-state index in [9.17, 15) is 4.79 Å². The van der Waals surface area contributed by atoms with E-state index in [1.807, 2.05) is 0 Å². The Morgan fingerprint density at radius 2 is 2.33 bits per heavy atom. The molecule has 0 aromatic carbocycles. The van der Waals surface area contributed by atoms with E-state index in [1.54, 1.807) is 19.2 Å². The topological polar surface area (TPSA) is 51.2 Å². The molecule has 0 atom stereocenters. The van der Waals surface area contributed by atoms with Crippen molar-refractivity contribution in [1.29, 1.82) is 0 Å². The highest BCUT2D eigenvalue weighted by Crippen LogP contribution is 2.29. The lowest BCUT2D eigenvalue weighted by atomic mass is 10.3. The minimum atomic E-state index is -0.284. The van der Waals surface area contributed by atoms with Gasteiger partial charge in [0.05, 0.1) is 6.10 Å². The predicted molar refractivity (Wildman–Crippen MR) is 56.3 cm³/mol. The molecule has 1 saturated carbocycles. The lowest BCUT2D eigenvalue weighted by molar-refractivity contribution is 0.0953. The summed E-state index contributed by atoms with van der Waals surface area (Å²) in [5, 5.41) is 2.79. The number of nitrogens with one attached hydrogen (secondary N) is 1. The number of hydrogen-bond donors (Lipinski definition) is 1. The van der Waals surface area contributed by atoms with Gasteiger partial charge in [-0.1, -0.05) is 11.6 Å². The highest BCUT2D eigenvalue weighted by Gasteiger charge is 2.26. The second-order valence-corrected chi connectivity index (χ2v) is 3.76. The van der Waals surface area contributed by atoms with Crippen LogP contribution < -0.4 is 10.1 Å². The van der Waals surface area contributed by atoms with Gasteiger partial charge in [-0.2, -0.15) is 0 Å². The molecule has 1 aromatic rings. The van der Waals surface area contributed by atoms with E-state index in [-0.39, 0.29) is 22.9 Å². The van der Waals surface area contributed by atoms with Gasteiger partial charge >= 0.3 is 0 Å². The fourth-order valence-corrected chi connectivity index (χ4v) is 1.31. The van der Waals surface area contributed by atoms with Crippen LogP contribution in [0.5, 0.6) is 5.75 Å². The van der Waals surface area contributed by atoms with Crippen LogP contribution in [-0.2, 0) is 0 Å². The van der Waals surface area contributed by atoms with Gasteiger partial charge in [-0.25, -0.2) is 4.98 Å². The zero-order valence-electron chi connectivity index (χ0n) is 8.29. The number of ether oxygens (including phenoxy) is 1. The van der Waals surface area contributed by atoms with Crippen molar-refractivity contribution in [2.45, 2.75) is 18.9 Å². The molecule has 1 heterocycles. The van der Waals surface area contributed by atoms with Crippen molar-refractivity contribution in [3.63, 3.8) is 0 Å². The van der Waals surface area contributed by atoms with Crippen LogP contribution in [0.3, 0.4) is 0 Å². The van der Waals surface area contributed by atoms with E-state index in [2.05, 4.69) is 10.3 Å². The SMILES string of the molecule is CNC(=O)c1nc(Cl)ccc1OC1CC1. The zero-order chi connectivity index (χ0) is 10.8. The number of carbonyl (C=O) groups is 1. The molecule has 2 rings (SSSR count). The summed E-state index contributed by atoms with van der Waals surface area (Å²) in [6, 6.07) is 3.30. The van der Waals surface area contributed by atoms with Gasteiger partial charge in [0.25, 0.3) is 5.91 Å². The maximum atomic E-state index is 11.5. The van der Waals surface area contributed by atoms with E-state index in [4.69, 9.17) is 16.3 Å². The second kappa shape index (κ2) is 4.06. The van der Waals surface area contributed by atoms with Crippen molar-refractivity contribution in [3.8, 4) is 5.75 Å². The molecule has 5 heteroatoms. The molecular weight excluding hydrogens is 216 g/mol. The first kappa shape index (κ1) is 10.2. The summed E-state index contributed by atoms with van der Waals surface area (Å²) in [6.45, 7) is 0. The largest absolute Gasteiger partial charge is 0.488 e. The van der Waals surface area contributed by atoms with Crippen LogP contribution in [0.4, 0.5) is 0 Å². The van der Waals surface area contributed by atoms with Gasteiger partial charge in [0.15, 0.2) is 11.4 Å². The molecule has 15 heavy (non-hydrogen) atoms. The number of carbonyl (C=O) groups excluding carboxylic acids is 1. The van der Waals surface area contributed by atoms with Crippen LogP contribution in [0.25, 0.3) is 0 Å². The Morgan fingerprint density at radius 1 is 1.60 bits per heavy atom. The molecule has 1 amide bonds. The molecule has 0 radical (unpaired) electrons. The van der Waals surface area contributed by atoms with Crippen molar-refractivity contribution in [2.24, 2.45) is 0 Å². The molecule has 0 unspecified atom stereocenters. The molecule has 1 fully saturated rings. The van der Waals surface area contributed by atoms with Crippen LogP contribution in [0.15, 0.2) is 12.1 Å². The number of hydrogen-bond acceptors (Lipinski definition) is 3. The first-order valence-corrected chi connectivity index (χ1v) is 5.14. The molecule has 0 aliphatic heterocycles. The van der Waals surface area contributed by atoms with Gasteiger partial charge < -0.3 is 10.1 Å². The Bertz CT molecular complexity index is 391. The van der Waals surface area contributed by atoms with Crippen LogP contribution >= 0.6 is 11.6 Å². The Morgan fingerprint density at radius 3 is 2.93 bits per heavy atom. The molecule has 0 saturated heterocycles. The number of aromatic nitrogens is 1. The van der Waals surface area contributed by atoms with E-state index < -0.39 is 0 Å². The average molecular weight is 227 g/mol. The first-order valence-electron chi connectivity index (χ1n) is 4.76. The van der Waals surface area contributed by atoms with Gasteiger partial charge in [-0.3, -0.25) is 4.79 Å². The third-order valence-electron chi connectivity index (χ3n) is 2.08. The van der Waals surface area contributed by atoms with E-state index in [1.165, 1.54) is 0 Å². The van der Waals surface area contributed by atoms with Gasteiger partial charge in [-0.15, -0.1) is 0 Å². The lowest BCUT2D eigenvalue weighted by Crippen LogP contribution is -2.20. The average Bonchev–Trinajstić information content (AvgIpc) is 3.03. The van der Waals surface area contributed by atoms with E-state index in [0.29, 0.717) is 5.75 Å². The standard InChI is InChI=1S/C10H11ClN2O2/c1-12-10(14)9-7(15-6-2-3-6)4-5-8(11)13-9/h4-6H,2-3H2,1H3,(H,12,14). The lowest BCUT2D eigenvalue weighted by Gasteiger charge is -2.08. The van der Waals surface area contributed by atoms with Gasteiger partial charge in [0.1, 0.15) is 5.15 Å². The normalized spacial score (nSPS) is 14.8. The quantitative estimate of drug-likeness (QED) is 0.798. The summed E-state index contributed by atoms with van der Waals surface area (Å²) in [5.41, 5.74) is 0.247. The molecule has 1 aliphatic carbocycles. The fraction of sp³-hybridized carbons (Fsp3) is 0.400. The van der Waals surface area contributed by atoms with Gasteiger partial charge in [-0.05, 0) is 25.0 Å². The van der Waals surface area contributed by atoms with Gasteiger partial charge in [0, 0.05) is 7.05 Å². The maximum absolute atomic E-state index is 11.5. The summed E-state index contributed by atoms with van der Waals surface area (Å²) < 4.78 is 5.55. The smallest absolute Gasteiger partial charge is 0.273 e. The van der Waals surface area contributed by atoms with Crippen LogP contribution in [0.1, 0.15) is 23.3 Å². The molecule has 0 spiro atoms. The maximum Gasteiger partial charge on any atom is 0.273 e. The van der Waals surface area contributed by atoms with Crippen molar-refractivity contribution in [3.05, 3.63) is 23.0 Å². The Balaban J connectivity index is 2.29. The summed E-state index contributed by atoms with van der Waals surface area (Å²) >= 11 is 5.72. The predicted octanol–water partition coefficient (Wildman–Crippen LogP) is 1.64. The molecule has 4 nitrogen and oxygen atoms in total. The second-order valence-electron chi connectivity index (χ2n) is 3.38. The number of halogens is 1. The third kappa shape index (κ3) is 2.39. The van der Waals surface area contributed by atoms with E-state index in [0.717, 1.165) is 12.8 Å². The highest BCUT2D eigenvalue weighted by molar-refractivity contribution is 6.29. The summed E-state index contributed by atoms with van der Waals surface area (Å²) in [6.07, 6.45) is 2.31. The van der Waals surface area contributed by atoms with E-state index >= 15 is 0 Å². The highest BCUT2D eigenvalue weighted by atomic mass is 35.5. The van der Waals surface area contributed by atoms with Crippen molar-refractivity contribution >= 4 is 17.5 Å². The third-order valence-corrected chi connectivity index (χ3v) is 2.29. The van der Waals surface area contributed by atoms with Crippen molar-refractivity contribution in [1.82, 2.24) is 10.3 Å². The van der Waals surface area contributed by atoms with Crippen molar-refractivity contribution in [2.75, 3.05) is 7.05 Å². The fourth-order valence-electron chi connectivity index (χ4n) is 1.16. The Hall–Kier alpha value is -1.29. The Labute approximate surface area is 92.6 Å². The number of rotatable bonds is 3. The summed E-state index contributed by atoms with van der Waals surface area (Å²) in [4.78, 5) is 15.4. The van der Waals surface area contributed by atoms with Crippen molar-refractivity contribution < 1.29 is 9.53 Å². The molecule has 1 aromatic heterocycles. The minimum absolute atomic E-state index is 0.233. The summed E-state index contributed by atoms with van der Waals surface area (Å²) in [7, 11) is 1.55. The molecular formula is C10H11ClN2O2. The van der Waals surface area contributed by atoms with Crippen LogP contribution in [0.2, 0.25) is 5.15 Å². The first-order chi connectivity index (χ1) is 7.20. The molecule has 1 N–H and O–H groups in total. The minimum Gasteiger partial charge on any atom is -0.488 e. The summed E-state index contributed by atoms with van der Waals surface area (Å²) in [5.74, 6) is 0.217. The van der Waals surface area contributed by atoms with Crippen LogP contribution in [-0.4, -0.2) is 24.0 Å². The monoisotopic (exact) mass is 226 g/mol. The zero-order valence-corrected chi connectivity index (χ0v) is 9.04. The Kier molecular flexibility index (Phi) is 2.77. The van der Waals surface area contributed by atoms with Gasteiger partial charge in [0.2, 0.25) is 0 Å².